The summed E-state index contributed by atoms with van der Waals surface area (Å²) in [5.41, 5.74) is 2.70. The van der Waals surface area contributed by atoms with E-state index >= 15 is 0 Å². The Kier molecular flexibility index (Phi) is 5.63. The number of rotatable bonds is 8. The molecule has 6 nitrogen and oxygen atoms in total. The predicted octanol–water partition coefficient (Wildman–Crippen LogP) is 2.70. The second kappa shape index (κ2) is 8.29. The van der Waals surface area contributed by atoms with Crippen LogP contribution in [0.3, 0.4) is 0 Å². The van der Waals surface area contributed by atoms with Crippen LogP contribution in [0.1, 0.15) is 24.0 Å². The summed E-state index contributed by atoms with van der Waals surface area (Å²) in [6.45, 7) is 0. The maximum Gasteiger partial charge on any atom is 0.303 e. The van der Waals surface area contributed by atoms with Crippen molar-refractivity contribution in [1.29, 1.82) is 0 Å². The first kappa shape index (κ1) is 17.7. The van der Waals surface area contributed by atoms with Crippen LogP contribution in [-0.2, 0) is 22.4 Å². The number of hydrogen-bond donors (Lipinski definition) is 3. The normalized spacial score (nSPS) is 12.0. The summed E-state index contributed by atoms with van der Waals surface area (Å²) in [4.78, 5) is 30.7. The fourth-order valence-corrected chi connectivity index (χ4v) is 3.03. The molecule has 0 aliphatic carbocycles. The number of aromatic nitrogens is 2. The van der Waals surface area contributed by atoms with Gasteiger partial charge in [-0.05, 0) is 36.1 Å². The average Bonchev–Trinajstić information content (AvgIpc) is 3.03. The Hall–Kier alpha value is -3.15. The van der Waals surface area contributed by atoms with E-state index in [-0.39, 0.29) is 24.8 Å². The molecule has 0 radical (unpaired) electrons. The van der Waals surface area contributed by atoms with Crippen LogP contribution in [0.5, 0.6) is 0 Å². The minimum atomic E-state index is -0.861. The summed E-state index contributed by atoms with van der Waals surface area (Å²) >= 11 is 0. The Balaban J connectivity index is 1.66. The molecular weight excluding hydrogens is 330 g/mol. The number of H-pyrrole nitrogens is 1. The molecular formula is C20H21N3O3. The monoisotopic (exact) mass is 351 g/mol. The number of carboxylic acid groups (broad SMARTS) is 1. The van der Waals surface area contributed by atoms with Gasteiger partial charge in [-0.25, -0.2) is 4.98 Å². The topological polar surface area (TPSA) is 95.1 Å². The smallest absolute Gasteiger partial charge is 0.303 e. The van der Waals surface area contributed by atoms with E-state index in [9.17, 15) is 9.59 Å². The van der Waals surface area contributed by atoms with Crippen molar-refractivity contribution in [3.8, 4) is 0 Å². The zero-order valence-corrected chi connectivity index (χ0v) is 14.3. The van der Waals surface area contributed by atoms with Gasteiger partial charge in [-0.15, -0.1) is 0 Å². The SMILES string of the molecule is O=C(O)CCC(Cc1ccccc1)NC(=O)Cc1c[nH]c2ncccc12. The van der Waals surface area contributed by atoms with Crippen LogP contribution in [0, 0.1) is 0 Å². The van der Waals surface area contributed by atoms with Crippen molar-refractivity contribution in [2.75, 3.05) is 0 Å². The molecule has 3 N–H and O–H groups in total. The predicted molar refractivity (Wildman–Crippen MR) is 98.7 cm³/mol. The molecule has 0 bridgehead atoms. The standard InChI is InChI=1S/C20H21N3O3/c24-18(12-15-13-22-20-17(15)7-4-10-21-20)23-16(8-9-19(25)26)11-14-5-2-1-3-6-14/h1-7,10,13,16H,8-9,11-12H2,(H,21,22)(H,23,24)(H,25,26). The number of fused-ring (bicyclic) bond motifs is 1. The molecule has 0 fully saturated rings. The molecule has 2 aromatic heterocycles. The van der Waals surface area contributed by atoms with Gasteiger partial charge in [-0.2, -0.15) is 0 Å². The van der Waals surface area contributed by atoms with Crippen molar-refractivity contribution >= 4 is 22.9 Å². The second-order valence-electron chi connectivity index (χ2n) is 6.28. The minimum Gasteiger partial charge on any atom is -0.481 e. The highest BCUT2D eigenvalue weighted by Crippen LogP contribution is 2.16. The highest BCUT2D eigenvalue weighted by atomic mass is 16.4. The number of pyridine rings is 1. The summed E-state index contributed by atoms with van der Waals surface area (Å²) < 4.78 is 0. The molecule has 0 spiro atoms. The zero-order chi connectivity index (χ0) is 18.4. The van der Waals surface area contributed by atoms with Gasteiger partial charge in [0.25, 0.3) is 0 Å². The Morgan fingerprint density at radius 2 is 1.96 bits per heavy atom. The van der Waals surface area contributed by atoms with Crippen LogP contribution >= 0.6 is 0 Å². The number of amides is 1. The average molecular weight is 351 g/mol. The van der Waals surface area contributed by atoms with E-state index in [1.165, 1.54) is 0 Å². The molecule has 2 heterocycles. The summed E-state index contributed by atoms with van der Waals surface area (Å²) in [5.74, 6) is -0.985. The summed E-state index contributed by atoms with van der Waals surface area (Å²) in [7, 11) is 0. The molecule has 6 heteroatoms. The largest absolute Gasteiger partial charge is 0.481 e. The lowest BCUT2D eigenvalue weighted by molar-refractivity contribution is -0.137. The number of benzene rings is 1. The van der Waals surface area contributed by atoms with E-state index in [1.54, 1.807) is 12.4 Å². The van der Waals surface area contributed by atoms with Gasteiger partial charge in [0.15, 0.2) is 0 Å². The summed E-state index contributed by atoms with van der Waals surface area (Å²) in [6, 6.07) is 13.3. The van der Waals surface area contributed by atoms with Crippen LogP contribution in [-0.4, -0.2) is 33.0 Å². The lowest BCUT2D eigenvalue weighted by atomic mass is 10.0. The Morgan fingerprint density at radius 3 is 2.73 bits per heavy atom. The van der Waals surface area contributed by atoms with Gasteiger partial charge in [-0.1, -0.05) is 30.3 Å². The van der Waals surface area contributed by atoms with Crippen LogP contribution in [0.4, 0.5) is 0 Å². The summed E-state index contributed by atoms with van der Waals surface area (Å²) in [6.07, 6.45) is 4.74. The summed E-state index contributed by atoms with van der Waals surface area (Å²) in [5, 5.41) is 12.9. The van der Waals surface area contributed by atoms with Gasteiger partial charge in [-0.3, -0.25) is 9.59 Å². The van der Waals surface area contributed by atoms with Gasteiger partial charge in [0, 0.05) is 30.2 Å². The number of aliphatic carboxylic acids is 1. The van der Waals surface area contributed by atoms with Gasteiger partial charge in [0.05, 0.1) is 6.42 Å². The van der Waals surface area contributed by atoms with Crippen molar-refractivity contribution in [2.45, 2.75) is 31.7 Å². The molecule has 1 amide bonds. The number of carbonyl (C=O) groups is 2. The third-order valence-electron chi connectivity index (χ3n) is 4.28. The van der Waals surface area contributed by atoms with Crippen LogP contribution in [0.25, 0.3) is 11.0 Å². The molecule has 1 aromatic carbocycles. The van der Waals surface area contributed by atoms with Crippen LogP contribution in [0.15, 0.2) is 54.9 Å². The molecule has 3 aromatic rings. The van der Waals surface area contributed by atoms with Crippen molar-refractivity contribution in [2.24, 2.45) is 0 Å². The number of aromatic amines is 1. The number of hydrogen-bond acceptors (Lipinski definition) is 3. The third kappa shape index (κ3) is 4.69. The van der Waals surface area contributed by atoms with Crippen LogP contribution in [0.2, 0.25) is 0 Å². The Morgan fingerprint density at radius 1 is 1.15 bits per heavy atom. The Labute approximate surface area is 151 Å². The molecule has 0 aliphatic rings. The maximum atomic E-state index is 12.5. The van der Waals surface area contributed by atoms with Crippen molar-refractivity contribution in [1.82, 2.24) is 15.3 Å². The van der Waals surface area contributed by atoms with Gasteiger partial charge >= 0.3 is 5.97 Å². The van der Waals surface area contributed by atoms with Crippen molar-refractivity contribution in [3.63, 3.8) is 0 Å². The zero-order valence-electron chi connectivity index (χ0n) is 14.3. The fraction of sp³-hybridized carbons (Fsp3) is 0.250. The number of nitrogens with zero attached hydrogens (tertiary/aromatic N) is 1. The molecule has 134 valence electrons. The van der Waals surface area contributed by atoms with Crippen LogP contribution < -0.4 is 5.32 Å². The number of carboxylic acids is 1. The lowest BCUT2D eigenvalue weighted by Crippen LogP contribution is -2.37. The van der Waals surface area contributed by atoms with Gasteiger partial charge in [0.1, 0.15) is 5.65 Å². The highest BCUT2D eigenvalue weighted by Gasteiger charge is 2.16. The van der Waals surface area contributed by atoms with E-state index in [2.05, 4.69) is 15.3 Å². The first-order chi connectivity index (χ1) is 12.6. The molecule has 3 rings (SSSR count). The molecule has 26 heavy (non-hydrogen) atoms. The second-order valence-corrected chi connectivity index (χ2v) is 6.28. The van der Waals surface area contributed by atoms with Gasteiger partial charge < -0.3 is 15.4 Å². The van der Waals surface area contributed by atoms with Crippen molar-refractivity contribution in [3.05, 3.63) is 66.0 Å². The van der Waals surface area contributed by atoms with E-state index in [4.69, 9.17) is 5.11 Å². The minimum absolute atomic E-state index is 0.0226. The van der Waals surface area contributed by atoms with E-state index in [0.717, 1.165) is 22.2 Å². The Bertz CT molecular complexity index is 889. The molecule has 0 saturated heterocycles. The van der Waals surface area contributed by atoms with Gasteiger partial charge in [0.2, 0.25) is 5.91 Å². The van der Waals surface area contributed by atoms with Crippen molar-refractivity contribution < 1.29 is 14.7 Å². The molecule has 0 aliphatic heterocycles. The molecule has 0 saturated carbocycles. The van der Waals surface area contributed by atoms with E-state index in [1.807, 2.05) is 42.5 Å². The quantitative estimate of drug-likeness (QED) is 0.581. The molecule has 1 atom stereocenters. The van der Waals surface area contributed by atoms with E-state index < -0.39 is 5.97 Å². The first-order valence-electron chi connectivity index (χ1n) is 8.58. The number of nitrogens with one attached hydrogen (secondary N) is 2. The maximum absolute atomic E-state index is 12.5. The van der Waals surface area contributed by atoms with E-state index in [0.29, 0.717) is 12.8 Å². The first-order valence-corrected chi connectivity index (χ1v) is 8.58. The lowest BCUT2D eigenvalue weighted by Gasteiger charge is -2.18. The highest BCUT2D eigenvalue weighted by molar-refractivity contribution is 5.87. The fourth-order valence-electron chi connectivity index (χ4n) is 3.03. The third-order valence-corrected chi connectivity index (χ3v) is 4.28. The number of carbonyl (C=O) groups excluding carboxylic acids is 1. The molecule has 1 unspecified atom stereocenters.